The third-order valence-corrected chi connectivity index (χ3v) is 6.19. The first kappa shape index (κ1) is 20.3. The maximum absolute atomic E-state index is 13.2. The van der Waals surface area contributed by atoms with Crippen molar-refractivity contribution in [3.63, 3.8) is 0 Å². The average molecular weight is 454 g/mol. The second-order valence-electron chi connectivity index (χ2n) is 7.74. The van der Waals surface area contributed by atoms with Crippen molar-refractivity contribution in [2.75, 3.05) is 19.7 Å². The Balaban J connectivity index is 1.49. The van der Waals surface area contributed by atoms with Crippen LogP contribution in [0.3, 0.4) is 0 Å². The van der Waals surface area contributed by atoms with E-state index in [4.69, 9.17) is 4.74 Å². The molecule has 1 aliphatic rings. The first-order valence-corrected chi connectivity index (χ1v) is 10.8. The smallest absolute Gasteiger partial charge is 0.123 e. The number of halogens is 2. The molecule has 0 radical (unpaired) electrons. The van der Waals surface area contributed by atoms with Crippen LogP contribution in [0.4, 0.5) is 4.39 Å². The molecule has 4 heteroatoms. The van der Waals surface area contributed by atoms with Gasteiger partial charge in [-0.25, -0.2) is 4.39 Å². The summed E-state index contributed by atoms with van der Waals surface area (Å²) in [6, 6.07) is 23.6. The Morgan fingerprint density at radius 2 is 1.62 bits per heavy atom. The lowest BCUT2D eigenvalue weighted by Gasteiger charge is -2.38. The van der Waals surface area contributed by atoms with Crippen LogP contribution in [0.15, 0.2) is 77.3 Å². The molecular formula is C25H25BrFNO. The van der Waals surface area contributed by atoms with E-state index >= 15 is 0 Å². The van der Waals surface area contributed by atoms with Gasteiger partial charge >= 0.3 is 0 Å². The second-order valence-corrected chi connectivity index (χ2v) is 8.66. The van der Waals surface area contributed by atoms with Crippen molar-refractivity contribution in [2.45, 2.75) is 24.9 Å². The molecule has 1 fully saturated rings. The Kier molecular flexibility index (Phi) is 6.43. The van der Waals surface area contributed by atoms with Gasteiger partial charge in [-0.3, -0.25) is 0 Å². The van der Waals surface area contributed by atoms with E-state index in [1.165, 1.54) is 17.7 Å². The highest BCUT2D eigenvalue weighted by Crippen LogP contribution is 2.34. The van der Waals surface area contributed by atoms with Crippen LogP contribution in [0.25, 0.3) is 11.1 Å². The molecular weight excluding hydrogens is 429 g/mol. The van der Waals surface area contributed by atoms with E-state index in [9.17, 15) is 4.39 Å². The molecule has 29 heavy (non-hydrogen) atoms. The van der Waals surface area contributed by atoms with E-state index in [1.807, 2.05) is 0 Å². The molecule has 1 saturated heterocycles. The summed E-state index contributed by atoms with van der Waals surface area (Å²) in [6.45, 7) is 3.29. The molecule has 1 N–H and O–H groups in total. The lowest BCUT2D eigenvalue weighted by Crippen LogP contribution is -2.43. The van der Waals surface area contributed by atoms with E-state index in [0.717, 1.165) is 47.1 Å². The highest BCUT2D eigenvalue weighted by Gasteiger charge is 2.34. The van der Waals surface area contributed by atoms with E-state index in [2.05, 4.69) is 69.8 Å². The average Bonchev–Trinajstić information content (AvgIpc) is 2.75. The van der Waals surface area contributed by atoms with E-state index < -0.39 is 0 Å². The zero-order valence-electron chi connectivity index (χ0n) is 16.3. The highest BCUT2D eigenvalue weighted by atomic mass is 79.9. The lowest BCUT2D eigenvalue weighted by atomic mass is 9.74. The molecule has 4 rings (SSSR count). The van der Waals surface area contributed by atoms with Gasteiger partial charge < -0.3 is 10.1 Å². The van der Waals surface area contributed by atoms with Gasteiger partial charge in [-0.05, 0) is 78.5 Å². The number of hydrogen-bond donors (Lipinski definition) is 1. The largest absolute Gasteiger partial charge is 0.376 e. The standard InChI is InChI=1S/C25H25BrFNO/c26-23-15-19(14-21(16-23)20-6-8-24(27)9-7-20)17-29-18-25(10-12-28-13-11-25)22-4-2-1-3-5-22/h1-9,14-16,28H,10-13,17-18H2. The lowest BCUT2D eigenvalue weighted by molar-refractivity contribution is 0.0565. The van der Waals surface area contributed by atoms with Gasteiger partial charge in [0.25, 0.3) is 0 Å². The molecule has 1 aliphatic heterocycles. The van der Waals surface area contributed by atoms with Gasteiger partial charge in [-0.2, -0.15) is 0 Å². The van der Waals surface area contributed by atoms with Crippen LogP contribution in [0.5, 0.6) is 0 Å². The Bertz CT molecular complexity index is 937. The summed E-state index contributed by atoms with van der Waals surface area (Å²) < 4.78 is 20.5. The minimum Gasteiger partial charge on any atom is -0.376 e. The molecule has 0 saturated carbocycles. The first-order valence-electron chi connectivity index (χ1n) is 10.0. The van der Waals surface area contributed by atoms with E-state index in [0.29, 0.717) is 13.2 Å². The predicted molar refractivity (Wildman–Crippen MR) is 119 cm³/mol. The third kappa shape index (κ3) is 4.95. The Hall–Kier alpha value is -2.01. The molecule has 0 aromatic heterocycles. The molecule has 2 nitrogen and oxygen atoms in total. The number of benzene rings is 3. The molecule has 3 aromatic carbocycles. The predicted octanol–water partition coefficient (Wildman–Crippen LogP) is 6.09. The third-order valence-electron chi connectivity index (χ3n) is 5.73. The molecule has 0 atom stereocenters. The normalized spacial score (nSPS) is 15.9. The molecule has 0 bridgehead atoms. The summed E-state index contributed by atoms with van der Waals surface area (Å²) >= 11 is 3.60. The maximum Gasteiger partial charge on any atom is 0.123 e. The molecule has 0 aliphatic carbocycles. The van der Waals surface area contributed by atoms with Gasteiger partial charge in [0.1, 0.15) is 5.82 Å². The minimum atomic E-state index is -0.222. The Morgan fingerprint density at radius 3 is 2.34 bits per heavy atom. The molecule has 150 valence electrons. The second kappa shape index (κ2) is 9.21. The zero-order valence-corrected chi connectivity index (χ0v) is 17.9. The van der Waals surface area contributed by atoms with Gasteiger partial charge in [0.2, 0.25) is 0 Å². The molecule has 0 spiro atoms. The summed E-state index contributed by atoms with van der Waals surface area (Å²) in [5, 5.41) is 3.47. The van der Waals surface area contributed by atoms with Crippen LogP contribution in [-0.4, -0.2) is 19.7 Å². The van der Waals surface area contributed by atoms with Gasteiger partial charge in [0.15, 0.2) is 0 Å². The number of nitrogens with one attached hydrogen (secondary N) is 1. The van der Waals surface area contributed by atoms with Gasteiger partial charge in [-0.1, -0.05) is 58.4 Å². The summed E-state index contributed by atoms with van der Waals surface area (Å²) in [6.07, 6.45) is 2.16. The van der Waals surface area contributed by atoms with Crippen molar-refractivity contribution in [3.8, 4) is 11.1 Å². The number of ether oxygens (including phenoxy) is 1. The van der Waals surface area contributed by atoms with Crippen LogP contribution in [0.1, 0.15) is 24.0 Å². The van der Waals surface area contributed by atoms with Gasteiger partial charge in [0, 0.05) is 9.89 Å². The van der Waals surface area contributed by atoms with Crippen molar-refractivity contribution in [1.82, 2.24) is 5.32 Å². The highest BCUT2D eigenvalue weighted by molar-refractivity contribution is 9.10. The maximum atomic E-state index is 13.2. The summed E-state index contributed by atoms with van der Waals surface area (Å²) in [4.78, 5) is 0. The van der Waals surface area contributed by atoms with Crippen LogP contribution in [0.2, 0.25) is 0 Å². The summed E-state index contributed by atoms with van der Waals surface area (Å²) in [7, 11) is 0. The topological polar surface area (TPSA) is 21.3 Å². The number of hydrogen-bond acceptors (Lipinski definition) is 2. The number of rotatable bonds is 6. The van der Waals surface area contributed by atoms with E-state index in [1.54, 1.807) is 12.1 Å². The van der Waals surface area contributed by atoms with Crippen molar-refractivity contribution >= 4 is 15.9 Å². The van der Waals surface area contributed by atoms with Crippen molar-refractivity contribution < 1.29 is 9.13 Å². The van der Waals surface area contributed by atoms with Crippen LogP contribution in [-0.2, 0) is 16.8 Å². The zero-order chi connectivity index (χ0) is 20.1. The minimum absolute atomic E-state index is 0.0678. The first-order chi connectivity index (χ1) is 14.1. The van der Waals surface area contributed by atoms with Gasteiger partial charge in [-0.15, -0.1) is 0 Å². The van der Waals surface area contributed by atoms with Crippen LogP contribution in [0, 0.1) is 5.82 Å². The van der Waals surface area contributed by atoms with Gasteiger partial charge in [0.05, 0.1) is 13.2 Å². The summed E-state index contributed by atoms with van der Waals surface area (Å²) in [5.74, 6) is -0.222. The van der Waals surface area contributed by atoms with E-state index in [-0.39, 0.29) is 11.2 Å². The van der Waals surface area contributed by atoms with Crippen LogP contribution < -0.4 is 5.32 Å². The monoisotopic (exact) mass is 453 g/mol. The fourth-order valence-corrected chi connectivity index (χ4v) is 4.66. The number of piperidine rings is 1. The fraction of sp³-hybridized carbons (Fsp3) is 0.280. The van der Waals surface area contributed by atoms with Crippen molar-refractivity contribution in [1.29, 1.82) is 0 Å². The SMILES string of the molecule is Fc1ccc(-c2cc(Br)cc(COCC3(c4ccccc4)CCNCC3)c2)cc1. The molecule has 1 heterocycles. The molecule has 0 unspecified atom stereocenters. The van der Waals surface area contributed by atoms with Crippen LogP contribution >= 0.6 is 15.9 Å². The Morgan fingerprint density at radius 1 is 0.897 bits per heavy atom. The fourth-order valence-electron chi connectivity index (χ4n) is 4.12. The summed E-state index contributed by atoms with van der Waals surface area (Å²) in [5.41, 5.74) is 4.59. The molecule has 0 amide bonds. The van der Waals surface area contributed by atoms with Crippen molar-refractivity contribution in [2.24, 2.45) is 0 Å². The Labute approximate surface area is 180 Å². The quantitative estimate of drug-likeness (QED) is 0.487. The van der Waals surface area contributed by atoms with Crippen molar-refractivity contribution in [3.05, 3.63) is 94.2 Å². The molecule has 3 aromatic rings.